The van der Waals surface area contributed by atoms with Crippen molar-refractivity contribution in [2.75, 3.05) is 11.9 Å². The van der Waals surface area contributed by atoms with Gasteiger partial charge in [-0.2, -0.15) is 0 Å². The third-order valence-electron chi connectivity index (χ3n) is 7.17. The number of aromatic nitrogens is 2. The van der Waals surface area contributed by atoms with Gasteiger partial charge in [-0.15, -0.1) is 0 Å². The van der Waals surface area contributed by atoms with Gasteiger partial charge in [0.25, 0.3) is 0 Å². The summed E-state index contributed by atoms with van der Waals surface area (Å²) in [5.41, 5.74) is 3.03. The zero-order chi connectivity index (χ0) is 21.8. The van der Waals surface area contributed by atoms with Crippen molar-refractivity contribution in [1.29, 1.82) is 0 Å². The summed E-state index contributed by atoms with van der Waals surface area (Å²) in [5, 5.41) is 3.05. The van der Waals surface area contributed by atoms with Crippen LogP contribution in [0, 0.1) is 5.41 Å². The molecule has 0 radical (unpaired) electrons. The van der Waals surface area contributed by atoms with E-state index in [4.69, 9.17) is 14.7 Å². The van der Waals surface area contributed by atoms with Crippen molar-refractivity contribution in [3.8, 4) is 0 Å². The first kappa shape index (κ1) is 19.7. The van der Waals surface area contributed by atoms with E-state index < -0.39 is 11.4 Å². The molecule has 2 aliphatic rings. The van der Waals surface area contributed by atoms with E-state index in [2.05, 4.69) is 19.2 Å². The highest BCUT2D eigenvalue weighted by Gasteiger charge is 2.67. The van der Waals surface area contributed by atoms with Gasteiger partial charge in [0.15, 0.2) is 0 Å². The Balaban J connectivity index is 1.60. The van der Waals surface area contributed by atoms with Crippen LogP contribution in [0.2, 0.25) is 0 Å². The Morgan fingerprint density at radius 1 is 1.06 bits per heavy atom. The fourth-order valence-electron chi connectivity index (χ4n) is 5.54. The van der Waals surface area contributed by atoms with Gasteiger partial charge in [0.05, 0.1) is 45.7 Å². The third-order valence-corrected chi connectivity index (χ3v) is 7.17. The highest BCUT2D eigenvalue weighted by atomic mass is 16.5. The first-order valence-corrected chi connectivity index (χ1v) is 10.7. The second-order valence-corrected chi connectivity index (χ2v) is 8.88. The monoisotopic (exact) mass is 415 g/mol. The van der Waals surface area contributed by atoms with Crippen molar-refractivity contribution in [3.05, 3.63) is 65.5 Å². The van der Waals surface area contributed by atoms with Gasteiger partial charge in [0.2, 0.25) is 5.91 Å². The summed E-state index contributed by atoms with van der Waals surface area (Å²) in [4.78, 5) is 36.2. The molecule has 1 heterocycles. The van der Waals surface area contributed by atoms with E-state index in [-0.39, 0.29) is 23.8 Å². The summed E-state index contributed by atoms with van der Waals surface area (Å²) in [6.45, 7) is 6.30. The lowest BCUT2D eigenvalue weighted by atomic mass is 9.67. The molecule has 0 saturated heterocycles. The minimum Gasteiger partial charge on any atom is -0.462 e. The van der Waals surface area contributed by atoms with Crippen LogP contribution in [-0.2, 0) is 14.9 Å². The molecule has 158 valence electrons. The van der Waals surface area contributed by atoms with Crippen LogP contribution in [0.25, 0.3) is 11.0 Å². The lowest BCUT2D eigenvalue weighted by Gasteiger charge is -2.36. The molecule has 5 rings (SSSR count). The molecular formula is C25H25N3O3. The normalized spacial score (nSPS) is 22.9. The fraction of sp³-hybridized carbons (Fsp3) is 0.360. The number of anilines is 1. The second-order valence-electron chi connectivity index (χ2n) is 8.88. The molecule has 1 aromatic heterocycles. The number of amides is 1. The van der Waals surface area contributed by atoms with E-state index in [1.54, 1.807) is 31.2 Å². The van der Waals surface area contributed by atoms with Gasteiger partial charge in [-0.1, -0.05) is 38.1 Å². The Labute approximate surface area is 181 Å². The molecule has 2 unspecified atom stereocenters. The van der Waals surface area contributed by atoms with Crippen molar-refractivity contribution in [3.63, 3.8) is 0 Å². The summed E-state index contributed by atoms with van der Waals surface area (Å²) in [5.74, 6) is -0.414. The Morgan fingerprint density at radius 3 is 2.48 bits per heavy atom. The summed E-state index contributed by atoms with van der Waals surface area (Å²) >= 11 is 0. The number of carbonyl (C=O) groups excluding carboxylic acids is 2. The van der Waals surface area contributed by atoms with Gasteiger partial charge >= 0.3 is 5.97 Å². The van der Waals surface area contributed by atoms with E-state index >= 15 is 0 Å². The number of hydrogen-bond donors (Lipinski definition) is 1. The first-order valence-electron chi connectivity index (χ1n) is 10.7. The third kappa shape index (κ3) is 2.63. The standard InChI is InChI=1S/C25H25N3O3/c1-4-31-22(29)15-9-5-6-10-17(15)28-23(30)25-14-13-16(24(25,2)3)20-21(25)27-19-12-8-7-11-18(19)26-20/h5-12,16H,4,13-14H2,1-3H3,(H,28,30). The predicted octanol–water partition coefficient (Wildman–Crippen LogP) is 4.60. The van der Waals surface area contributed by atoms with Gasteiger partial charge in [0, 0.05) is 5.92 Å². The zero-order valence-corrected chi connectivity index (χ0v) is 17.9. The zero-order valence-electron chi connectivity index (χ0n) is 17.9. The van der Waals surface area contributed by atoms with E-state index in [9.17, 15) is 9.59 Å². The molecule has 1 saturated carbocycles. The molecule has 2 atom stereocenters. The first-order chi connectivity index (χ1) is 14.9. The SMILES string of the molecule is CCOC(=O)c1ccccc1NC(=O)C12CCC(c3nc4ccccc4nc31)C2(C)C. The molecule has 6 nitrogen and oxygen atoms in total. The Hall–Kier alpha value is -3.28. The number of rotatable bonds is 4. The topological polar surface area (TPSA) is 81.2 Å². The number of carbonyl (C=O) groups is 2. The van der Waals surface area contributed by atoms with Crippen molar-refractivity contribution in [1.82, 2.24) is 9.97 Å². The Morgan fingerprint density at radius 2 is 1.74 bits per heavy atom. The molecule has 0 spiro atoms. The highest BCUT2D eigenvalue weighted by Crippen LogP contribution is 2.67. The Bertz CT molecular complexity index is 1220. The van der Waals surface area contributed by atoms with Crippen LogP contribution in [0.4, 0.5) is 5.69 Å². The maximum absolute atomic E-state index is 13.9. The molecular weight excluding hydrogens is 390 g/mol. The van der Waals surface area contributed by atoms with E-state index in [0.717, 1.165) is 28.8 Å². The van der Waals surface area contributed by atoms with Crippen LogP contribution in [0.15, 0.2) is 48.5 Å². The maximum Gasteiger partial charge on any atom is 0.340 e. The van der Waals surface area contributed by atoms with Crippen LogP contribution in [0.3, 0.4) is 0 Å². The van der Waals surface area contributed by atoms with E-state index in [1.807, 2.05) is 24.3 Å². The van der Waals surface area contributed by atoms with Crippen molar-refractivity contribution >= 4 is 28.6 Å². The van der Waals surface area contributed by atoms with Crippen LogP contribution < -0.4 is 5.32 Å². The summed E-state index contributed by atoms with van der Waals surface area (Å²) < 4.78 is 5.17. The number of para-hydroxylation sites is 3. The number of esters is 1. The number of ether oxygens (including phenoxy) is 1. The fourth-order valence-corrected chi connectivity index (χ4v) is 5.54. The molecule has 1 fully saturated rings. The summed E-state index contributed by atoms with van der Waals surface area (Å²) in [7, 11) is 0. The maximum atomic E-state index is 13.9. The molecule has 31 heavy (non-hydrogen) atoms. The molecule has 0 aliphatic heterocycles. The summed E-state index contributed by atoms with van der Waals surface area (Å²) in [6.07, 6.45) is 1.60. The minimum atomic E-state index is -0.800. The lowest BCUT2D eigenvalue weighted by Crippen LogP contribution is -2.47. The van der Waals surface area contributed by atoms with Gasteiger partial charge in [-0.3, -0.25) is 4.79 Å². The molecule has 1 amide bonds. The smallest absolute Gasteiger partial charge is 0.340 e. The average Bonchev–Trinajstić information content (AvgIpc) is 3.14. The second kappa shape index (κ2) is 6.87. The Kier molecular flexibility index (Phi) is 4.36. The van der Waals surface area contributed by atoms with E-state index in [0.29, 0.717) is 17.7 Å². The van der Waals surface area contributed by atoms with Crippen molar-refractivity contribution in [2.24, 2.45) is 5.41 Å². The predicted molar refractivity (Wildman–Crippen MR) is 118 cm³/mol. The van der Waals surface area contributed by atoms with Gasteiger partial charge in [-0.25, -0.2) is 14.8 Å². The molecule has 2 aliphatic carbocycles. The van der Waals surface area contributed by atoms with E-state index in [1.165, 1.54) is 0 Å². The molecule has 1 N–H and O–H groups in total. The largest absolute Gasteiger partial charge is 0.462 e. The molecule has 2 aromatic carbocycles. The number of hydrogen-bond acceptors (Lipinski definition) is 5. The number of nitrogens with zero attached hydrogens (tertiary/aromatic N) is 2. The minimum absolute atomic E-state index is 0.139. The lowest BCUT2D eigenvalue weighted by molar-refractivity contribution is -0.124. The number of benzene rings is 2. The number of fused-ring (bicyclic) bond motifs is 6. The molecule has 2 bridgehead atoms. The van der Waals surface area contributed by atoms with Crippen molar-refractivity contribution in [2.45, 2.75) is 44.9 Å². The van der Waals surface area contributed by atoms with Gasteiger partial charge in [0.1, 0.15) is 0 Å². The van der Waals surface area contributed by atoms with Gasteiger partial charge in [-0.05, 0) is 49.4 Å². The average molecular weight is 415 g/mol. The molecule has 3 aromatic rings. The van der Waals surface area contributed by atoms with Crippen molar-refractivity contribution < 1.29 is 14.3 Å². The van der Waals surface area contributed by atoms with Crippen LogP contribution in [0.5, 0.6) is 0 Å². The van der Waals surface area contributed by atoms with Crippen LogP contribution >= 0.6 is 0 Å². The van der Waals surface area contributed by atoms with Crippen LogP contribution in [0.1, 0.15) is 61.3 Å². The van der Waals surface area contributed by atoms with Gasteiger partial charge < -0.3 is 10.1 Å². The summed E-state index contributed by atoms with van der Waals surface area (Å²) in [6, 6.07) is 14.8. The molecule has 6 heteroatoms. The number of nitrogens with one attached hydrogen (secondary N) is 1. The quantitative estimate of drug-likeness (QED) is 0.630. The van der Waals surface area contributed by atoms with Crippen LogP contribution in [-0.4, -0.2) is 28.5 Å². The highest BCUT2D eigenvalue weighted by molar-refractivity contribution is 6.06.